The number of nitro groups is 1. The fourth-order valence-electron chi connectivity index (χ4n) is 2.00. The van der Waals surface area contributed by atoms with Crippen LogP contribution in [0.25, 0.3) is 17.5 Å². The molecule has 1 aromatic heterocycles. The van der Waals surface area contributed by atoms with Crippen LogP contribution in [0.1, 0.15) is 5.56 Å². The lowest BCUT2D eigenvalue weighted by atomic mass is 10.2. The zero-order valence-electron chi connectivity index (χ0n) is 12.8. The number of aromatic nitrogens is 2. The van der Waals surface area contributed by atoms with Gasteiger partial charge in [0, 0.05) is 23.8 Å². The van der Waals surface area contributed by atoms with Crippen LogP contribution in [0.4, 0.5) is 11.7 Å². The Morgan fingerprint density at radius 3 is 2.48 bits per heavy atom. The molecule has 1 amide bonds. The summed E-state index contributed by atoms with van der Waals surface area (Å²) in [7, 11) is 0. The Balaban J connectivity index is 1.63. The lowest BCUT2D eigenvalue weighted by Crippen LogP contribution is -2.07. The number of carbonyl (C=O) groups is 1. The molecule has 1 heterocycles. The monoisotopic (exact) mass is 336 g/mol. The molecule has 0 radical (unpaired) electrons. The van der Waals surface area contributed by atoms with Crippen LogP contribution < -0.4 is 5.32 Å². The third kappa shape index (κ3) is 4.14. The summed E-state index contributed by atoms with van der Waals surface area (Å²) in [4.78, 5) is 22.0. The minimum Gasteiger partial charge on any atom is -0.403 e. The molecule has 0 spiro atoms. The number of nitrogens with zero attached hydrogens (tertiary/aromatic N) is 3. The van der Waals surface area contributed by atoms with Crippen LogP contribution in [0.2, 0.25) is 0 Å². The van der Waals surface area contributed by atoms with Gasteiger partial charge in [0.2, 0.25) is 5.89 Å². The van der Waals surface area contributed by atoms with Gasteiger partial charge in [-0.15, -0.1) is 5.10 Å². The predicted molar refractivity (Wildman–Crippen MR) is 90.5 cm³/mol. The van der Waals surface area contributed by atoms with Gasteiger partial charge in [0.15, 0.2) is 0 Å². The van der Waals surface area contributed by atoms with Crippen molar-refractivity contribution in [2.75, 3.05) is 5.32 Å². The summed E-state index contributed by atoms with van der Waals surface area (Å²) in [5, 5.41) is 20.7. The number of nitro benzene ring substituents is 1. The largest absolute Gasteiger partial charge is 0.403 e. The molecule has 0 atom stereocenters. The van der Waals surface area contributed by atoms with Crippen LogP contribution in [0.3, 0.4) is 0 Å². The van der Waals surface area contributed by atoms with E-state index < -0.39 is 10.8 Å². The minimum atomic E-state index is -0.486. The predicted octanol–water partition coefficient (Wildman–Crippen LogP) is 3.30. The van der Waals surface area contributed by atoms with E-state index in [1.54, 1.807) is 12.1 Å². The Morgan fingerprint density at radius 2 is 1.80 bits per heavy atom. The van der Waals surface area contributed by atoms with Gasteiger partial charge in [0.1, 0.15) is 0 Å². The fourth-order valence-corrected chi connectivity index (χ4v) is 2.00. The van der Waals surface area contributed by atoms with Crippen molar-refractivity contribution < 1.29 is 14.1 Å². The van der Waals surface area contributed by atoms with Gasteiger partial charge in [-0.25, -0.2) is 0 Å². The molecule has 3 aromatic rings. The van der Waals surface area contributed by atoms with Gasteiger partial charge < -0.3 is 4.42 Å². The minimum absolute atomic E-state index is 0.0131. The topological polar surface area (TPSA) is 111 Å². The highest BCUT2D eigenvalue weighted by Crippen LogP contribution is 2.19. The van der Waals surface area contributed by atoms with Crippen molar-refractivity contribution in [3.05, 3.63) is 76.4 Å². The van der Waals surface area contributed by atoms with E-state index in [1.807, 2.05) is 30.3 Å². The Kier molecular flexibility index (Phi) is 4.61. The Bertz CT molecular complexity index is 917. The fraction of sp³-hybridized carbons (Fsp3) is 0. The standard InChI is InChI=1S/C17H12N4O4/c22-15(11-8-12-6-9-14(10-7-12)21(23)24)18-17-20-19-16(25-17)13-4-2-1-3-5-13/h1-11H,(H,18,20,22)/b11-8+. The molecule has 3 rings (SSSR count). The Labute approximate surface area is 142 Å². The normalized spacial score (nSPS) is 10.7. The summed E-state index contributed by atoms with van der Waals surface area (Å²) >= 11 is 0. The molecular formula is C17H12N4O4. The second-order valence-corrected chi connectivity index (χ2v) is 4.95. The summed E-state index contributed by atoms with van der Waals surface area (Å²) in [6.07, 6.45) is 2.79. The van der Waals surface area contributed by atoms with E-state index in [2.05, 4.69) is 15.5 Å². The summed E-state index contributed by atoms with van der Waals surface area (Å²) in [5.41, 5.74) is 1.38. The molecule has 1 N–H and O–H groups in total. The number of anilines is 1. The molecule has 0 aliphatic rings. The van der Waals surface area contributed by atoms with Crippen molar-refractivity contribution in [1.29, 1.82) is 0 Å². The molecule has 0 unspecified atom stereocenters. The molecule has 124 valence electrons. The first-order valence-electron chi connectivity index (χ1n) is 7.24. The number of nitrogens with one attached hydrogen (secondary N) is 1. The molecule has 25 heavy (non-hydrogen) atoms. The number of benzene rings is 2. The number of amides is 1. The maximum Gasteiger partial charge on any atom is 0.322 e. The van der Waals surface area contributed by atoms with Crippen LogP contribution >= 0.6 is 0 Å². The van der Waals surface area contributed by atoms with Crippen LogP contribution in [0, 0.1) is 10.1 Å². The van der Waals surface area contributed by atoms with Crippen molar-refractivity contribution in [3.63, 3.8) is 0 Å². The van der Waals surface area contributed by atoms with Crippen molar-refractivity contribution >= 4 is 23.7 Å². The number of carbonyl (C=O) groups excluding carboxylic acids is 1. The first-order chi connectivity index (χ1) is 12.1. The van der Waals surface area contributed by atoms with Gasteiger partial charge in [-0.3, -0.25) is 20.2 Å². The lowest BCUT2D eigenvalue weighted by Gasteiger charge is -1.96. The van der Waals surface area contributed by atoms with Gasteiger partial charge in [0.05, 0.1) is 4.92 Å². The molecule has 0 saturated heterocycles. The van der Waals surface area contributed by atoms with Crippen LogP contribution in [0.15, 0.2) is 65.1 Å². The van der Waals surface area contributed by atoms with Crippen molar-refractivity contribution in [3.8, 4) is 11.5 Å². The smallest absolute Gasteiger partial charge is 0.322 e. The molecule has 0 bridgehead atoms. The van der Waals surface area contributed by atoms with Crippen LogP contribution in [-0.2, 0) is 4.79 Å². The van der Waals surface area contributed by atoms with E-state index in [4.69, 9.17) is 4.42 Å². The molecule has 8 heteroatoms. The lowest BCUT2D eigenvalue weighted by molar-refractivity contribution is -0.384. The molecule has 0 aliphatic carbocycles. The average molecular weight is 336 g/mol. The first kappa shape index (κ1) is 16.1. The number of rotatable bonds is 5. The summed E-state index contributed by atoms with van der Waals surface area (Å²) in [6, 6.07) is 15.0. The number of hydrogen-bond acceptors (Lipinski definition) is 6. The van der Waals surface area contributed by atoms with Crippen LogP contribution in [0.5, 0.6) is 0 Å². The second-order valence-electron chi connectivity index (χ2n) is 4.95. The zero-order valence-corrected chi connectivity index (χ0v) is 12.8. The van der Waals surface area contributed by atoms with Gasteiger partial charge in [-0.2, -0.15) is 0 Å². The third-order valence-electron chi connectivity index (χ3n) is 3.21. The molecule has 2 aromatic carbocycles. The zero-order chi connectivity index (χ0) is 17.6. The molecule has 8 nitrogen and oxygen atoms in total. The molecule has 0 fully saturated rings. The van der Waals surface area contributed by atoms with Gasteiger partial charge in [-0.05, 0) is 35.9 Å². The number of non-ortho nitro benzene ring substituents is 1. The van der Waals surface area contributed by atoms with Crippen LogP contribution in [-0.4, -0.2) is 21.0 Å². The SMILES string of the molecule is O=C(/C=C/c1ccc([N+](=O)[O-])cc1)Nc1nnc(-c2ccccc2)o1. The average Bonchev–Trinajstić information content (AvgIpc) is 3.09. The van der Waals surface area contributed by atoms with E-state index in [1.165, 1.54) is 24.3 Å². The van der Waals surface area contributed by atoms with E-state index in [0.29, 0.717) is 11.5 Å². The molecule has 0 saturated carbocycles. The second kappa shape index (κ2) is 7.18. The highest BCUT2D eigenvalue weighted by atomic mass is 16.6. The van der Waals surface area contributed by atoms with E-state index in [0.717, 1.165) is 5.56 Å². The van der Waals surface area contributed by atoms with Crippen molar-refractivity contribution in [2.45, 2.75) is 0 Å². The highest BCUT2D eigenvalue weighted by molar-refractivity contribution is 6.00. The molecular weight excluding hydrogens is 324 g/mol. The van der Waals surface area contributed by atoms with Crippen molar-refractivity contribution in [2.24, 2.45) is 0 Å². The Hall–Kier alpha value is -3.81. The van der Waals surface area contributed by atoms with Gasteiger partial charge in [-0.1, -0.05) is 23.3 Å². The maximum atomic E-state index is 11.9. The highest BCUT2D eigenvalue weighted by Gasteiger charge is 2.09. The molecule has 0 aliphatic heterocycles. The maximum absolute atomic E-state index is 11.9. The van der Waals surface area contributed by atoms with E-state index in [9.17, 15) is 14.9 Å². The summed E-state index contributed by atoms with van der Waals surface area (Å²) < 4.78 is 5.37. The Morgan fingerprint density at radius 1 is 1.08 bits per heavy atom. The third-order valence-corrected chi connectivity index (χ3v) is 3.21. The summed E-state index contributed by atoms with van der Waals surface area (Å²) in [6.45, 7) is 0. The van der Waals surface area contributed by atoms with Gasteiger partial charge in [0.25, 0.3) is 11.6 Å². The van der Waals surface area contributed by atoms with E-state index in [-0.39, 0.29) is 11.7 Å². The summed E-state index contributed by atoms with van der Waals surface area (Å²) in [5.74, 6) is -0.156. The number of hydrogen-bond donors (Lipinski definition) is 1. The van der Waals surface area contributed by atoms with Gasteiger partial charge >= 0.3 is 6.01 Å². The quantitative estimate of drug-likeness (QED) is 0.435. The van der Waals surface area contributed by atoms with Crippen molar-refractivity contribution in [1.82, 2.24) is 10.2 Å². The van der Waals surface area contributed by atoms with E-state index >= 15 is 0 Å². The first-order valence-corrected chi connectivity index (χ1v) is 7.24.